The molecule has 0 fully saturated rings. The van der Waals surface area contributed by atoms with Crippen LogP contribution in [0.25, 0.3) is 0 Å². The standard InChI is InChI=1S/C10H6Cl2N4O2S/c11-6-1-5(2-7(12)9(6)18)3-14-16-8(17)4-13-15-10(16)19/h1-4,18H,(H,15,19)/b14-3-. The third-order valence-electron chi connectivity index (χ3n) is 2.10. The number of phenolic OH excluding ortho intramolecular Hbond substituents is 1. The van der Waals surface area contributed by atoms with Gasteiger partial charge >= 0.3 is 0 Å². The van der Waals surface area contributed by atoms with Gasteiger partial charge in [0.1, 0.15) is 6.20 Å². The van der Waals surface area contributed by atoms with Crippen LogP contribution < -0.4 is 5.56 Å². The largest absolute Gasteiger partial charge is 0.505 e. The molecule has 2 aromatic rings. The molecule has 0 atom stereocenters. The molecule has 0 unspecified atom stereocenters. The fourth-order valence-electron chi connectivity index (χ4n) is 1.24. The monoisotopic (exact) mass is 316 g/mol. The quantitative estimate of drug-likeness (QED) is 0.657. The summed E-state index contributed by atoms with van der Waals surface area (Å²) in [7, 11) is 0. The van der Waals surface area contributed by atoms with Crippen LogP contribution in [-0.2, 0) is 0 Å². The van der Waals surface area contributed by atoms with E-state index in [2.05, 4.69) is 15.3 Å². The third-order valence-corrected chi connectivity index (χ3v) is 2.94. The lowest BCUT2D eigenvalue weighted by Crippen LogP contribution is -2.18. The van der Waals surface area contributed by atoms with Crippen LogP contribution >= 0.6 is 35.4 Å². The normalized spacial score (nSPS) is 11.1. The predicted molar refractivity (Wildman–Crippen MR) is 74.8 cm³/mol. The number of halogens is 2. The number of nitrogens with zero attached hydrogens (tertiary/aromatic N) is 3. The molecule has 0 spiro atoms. The van der Waals surface area contributed by atoms with Crippen LogP contribution in [0, 0.1) is 4.77 Å². The Hall–Kier alpha value is -1.70. The van der Waals surface area contributed by atoms with Gasteiger partial charge in [-0.1, -0.05) is 23.2 Å². The van der Waals surface area contributed by atoms with Crippen molar-refractivity contribution in [1.29, 1.82) is 0 Å². The van der Waals surface area contributed by atoms with E-state index in [9.17, 15) is 9.90 Å². The van der Waals surface area contributed by atoms with Crippen molar-refractivity contribution in [1.82, 2.24) is 14.9 Å². The summed E-state index contributed by atoms with van der Waals surface area (Å²) < 4.78 is 1.01. The Labute approximate surface area is 121 Å². The molecule has 98 valence electrons. The van der Waals surface area contributed by atoms with E-state index in [1.807, 2.05) is 0 Å². The van der Waals surface area contributed by atoms with Crippen molar-refractivity contribution >= 4 is 41.6 Å². The van der Waals surface area contributed by atoms with Gasteiger partial charge in [-0.3, -0.25) is 9.89 Å². The van der Waals surface area contributed by atoms with Crippen LogP contribution in [0.2, 0.25) is 10.0 Å². The van der Waals surface area contributed by atoms with Gasteiger partial charge in [-0.15, -0.1) is 0 Å². The van der Waals surface area contributed by atoms with Gasteiger partial charge in [-0.2, -0.15) is 14.9 Å². The Kier molecular flexibility index (Phi) is 3.98. The minimum absolute atomic E-state index is 0.0553. The lowest BCUT2D eigenvalue weighted by atomic mass is 10.2. The molecule has 1 aromatic carbocycles. The molecular formula is C10H6Cl2N4O2S. The van der Waals surface area contributed by atoms with Crippen LogP contribution in [0.4, 0.5) is 0 Å². The fraction of sp³-hybridized carbons (Fsp3) is 0. The minimum Gasteiger partial charge on any atom is -0.505 e. The van der Waals surface area contributed by atoms with E-state index >= 15 is 0 Å². The number of phenols is 1. The number of aromatic nitrogens is 3. The Morgan fingerprint density at radius 2 is 2.05 bits per heavy atom. The molecule has 0 aliphatic rings. The highest BCUT2D eigenvalue weighted by Gasteiger charge is 2.05. The second kappa shape index (κ2) is 5.52. The van der Waals surface area contributed by atoms with Crippen molar-refractivity contribution in [3.05, 3.63) is 49.1 Å². The Morgan fingerprint density at radius 3 is 2.63 bits per heavy atom. The number of aromatic hydroxyl groups is 1. The van der Waals surface area contributed by atoms with Crippen LogP contribution in [0.3, 0.4) is 0 Å². The number of hydrogen-bond acceptors (Lipinski definition) is 5. The summed E-state index contributed by atoms with van der Waals surface area (Å²) in [5, 5.41) is 19.4. The van der Waals surface area contributed by atoms with E-state index in [1.54, 1.807) is 0 Å². The Balaban J connectivity index is 2.44. The average Bonchev–Trinajstić information content (AvgIpc) is 2.35. The summed E-state index contributed by atoms with van der Waals surface area (Å²) in [5.41, 5.74) is 0.0295. The molecule has 0 aliphatic heterocycles. The number of aromatic amines is 1. The first-order valence-electron chi connectivity index (χ1n) is 4.88. The lowest BCUT2D eigenvalue weighted by Gasteiger charge is -2.01. The second-order valence-electron chi connectivity index (χ2n) is 3.40. The summed E-state index contributed by atoms with van der Waals surface area (Å²) in [5.74, 6) is -0.209. The summed E-state index contributed by atoms with van der Waals surface area (Å²) >= 11 is 16.4. The molecule has 2 rings (SSSR count). The first-order valence-corrected chi connectivity index (χ1v) is 6.04. The highest BCUT2D eigenvalue weighted by atomic mass is 35.5. The zero-order valence-corrected chi connectivity index (χ0v) is 11.5. The third kappa shape index (κ3) is 3.01. The molecule has 0 saturated heterocycles. The van der Waals surface area contributed by atoms with Crippen LogP contribution in [0.15, 0.2) is 28.2 Å². The maximum atomic E-state index is 11.5. The van der Waals surface area contributed by atoms with E-state index in [0.717, 1.165) is 10.9 Å². The topological polar surface area (TPSA) is 83.3 Å². The fourth-order valence-corrected chi connectivity index (χ4v) is 1.93. The number of H-pyrrole nitrogens is 1. The number of rotatable bonds is 2. The number of nitrogens with one attached hydrogen (secondary N) is 1. The van der Waals surface area contributed by atoms with Gasteiger partial charge in [-0.05, 0) is 29.9 Å². The van der Waals surface area contributed by atoms with Gasteiger partial charge in [0.2, 0.25) is 4.77 Å². The molecule has 9 heteroatoms. The van der Waals surface area contributed by atoms with Crippen molar-refractivity contribution in [2.24, 2.45) is 5.10 Å². The second-order valence-corrected chi connectivity index (χ2v) is 4.60. The van der Waals surface area contributed by atoms with Crippen molar-refractivity contribution in [2.75, 3.05) is 0 Å². The van der Waals surface area contributed by atoms with Gasteiger partial charge in [-0.25, -0.2) is 0 Å². The van der Waals surface area contributed by atoms with E-state index in [0.29, 0.717) is 5.56 Å². The van der Waals surface area contributed by atoms with Crippen LogP contribution in [-0.4, -0.2) is 26.2 Å². The highest BCUT2D eigenvalue weighted by molar-refractivity contribution is 7.71. The van der Waals surface area contributed by atoms with E-state index in [1.165, 1.54) is 18.3 Å². The van der Waals surface area contributed by atoms with E-state index in [4.69, 9.17) is 35.4 Å². The maximum absolute atomic E-state index is 11.5. The predicted octanol–water partition coefficient (Wildman–Crippen LogP) is 2.20. The van der Waals surface area contributed by atoms with E-state index < -0.39 is 5.56 Å². The number of benzene rings is 1. The molecule has 0 saturated carbocycles. The van der Waals surface area contributed by atoms with Crippen LogP contribution in [0.5, 0.6) is 5.75 Å². The average molecular weight is 317 g/mol. The zero-order chi connectivity index (χ0) is 14.0. The van der Waals surface area contributed by atoms with Gasteiger partial charge in [0.15, 0.2) is 5.75 Å². The molecular weight excluding hydrogens is 311 g/mol. The Morgan fingerprint density at radius 1 is 1.42 bits per heavy atom. The molecule has 19 heavy (non-hydrogen) atoms. The smallest absolute Gasteiger partial charge is 0.293 e. The van der Waals surface area contributed by atoms with Gasteiger partial charge < -0.3 is 5.11 Å². The summed E-state index contributed by atoms with van der Waals surface area (Å²) in [4.78, 5) is 11.5. The van der Waals surface area contributed by atoms with Crippen molar-refractivity contribution in [3.8, 4) is 5.75 Å². The van der Waals surface area contributed by atoms with Crippen LogP contribution in [0.1, 0.15) is 5.56 Å². The molecule has 6 nitrogen and oxygen atoms in total. The minimum atomic E-state index is -0.476. The SMILES string of the molecule is O=c1cn[nH]c(=S)n1/N=C\c1cc(Cl)c(O)c(Cl)c1. The van der Waals surface area contributed by atoms with E-state index in [-0.39, 0.29) is 20.6 Å². The molecule has 1 aromatic heterocycles. The molecule has 1 heterocycles. The zero-order valence-electron chi connectivity index (χ0n) is 9.17. The summed E-state index contributed by atoms with van der Waals surface area (Å²) in [6.45, 7) is 0. The summed E-state index contributed by atoms with van der Waals surface area (Å²) in [6, 6.07) is 2.90. The number of hydrogen-bond donors (Lipinski definition) is 2. The summed E-state index contributed by atoms with van der Waals surface area (Å²) in [6.07, 6.45) is 2.38. The maximum Gasteiger partial charge on any atom is 0.293 e. The van der Waals surface area contributed by atoms with Gasteiger partial charge in [0.25, 0.3) is 5.56 Å². The molecule has 0 amide bonds. The first-order chi connectivity index (χ1) is 8.99. The van der Waals surface area contributed by atoms with Gasteiger partial charge in [0.05, 0.1) is 16.3 Å². The van der Waals surface area contributed by atoms with Crippen molar-refractivity contribution in [2.45, 2.75) is 0 Å². The first kappa shape index (κ1) is 13.7. The molecule has 0 bridgehead atoms. The Bertz CT molecular complexity index is 717. The van der Waals surface area contributed by atoms with Gasteiger partial charge in [0, 0.05) is 0 Å². The van der Waals surface area contributed by atoms with Crippen molar-refractivity contribution in [3.63, 3.8) is 0 Å². The molecule has 2 N–H and O–H groups in total. The van der Waals surface area contributed by atoms with Crippen molar-refractivity contribution < 1.29 is 5.11 Å². The lowest BCUT2D eigenvalue weighted by molar-refractivity contribution is 0.476. The molecule has 0 radical (unpaired) electrons. The molecule has 0 aliphatic carbocycles. The highest BCUT2D eigenvalue weighted by Crippen LogP contribution is 2.32.